The number of methoxy groups -OCH3 is 1. The van der Waals surface area contributed by atoms with Crippen molar-refractivity contribution in [3.8, 4) is 11.5 Å². The van der Waals surface area contributed by atoms with E-state index in [0.717, 1.165) is 0 Å². The first-order chi connectivity index (χ1) is 9.63. The Balaban J connectivity index is 2.27. The summed E-state index contributed by atoms with van der Waals surface area (Å²) in [4.78, 5) is 5.88. The minimum Gasteiger partial charge on any atom is -0.504 e. The SMILES string of the molecule is COc1cccc(C=N[C@H](c2cccs2)C(C)C)c1O. The zero-order valence-corrected chi connectivity index (χ0v) is 12.7. The van der Waals surface area contributed by atoms with Gasteiger partial charge >= 0.3 is 0 Å². The van der Waals surface area contributed by atoms with Crippen LogP contribution in [-0.2, 0) is 0 Å². The van der Waals surface area contributed by atoms with Gasteiger partial charge in [-0.15, -0.1) is 11.3 Å². The molecule has 0 spiro atoms. The largest absolute Gasteiger partial charge is 0.504 e. The van der Waals surface area contributed by atoms with E-state index >= 15 is 0 Å². The monoisotopic (exact) mass is 289 g/mol. The number of rotatable bonds is 5. The maximum atomic E-state index is 10.1. The molecule has 0 saturated heterocycles. The second kappa shape index (κ2) is 6.57. The third kappa shape index (κ3) is 3.20. The smallest absolute Gasteiger partial charge is 0.166 e. The van der Waals surface area contributed by atoms with Crippen molar-refractivity contribution >= 4 is 17.6 Å². The molecule has 106 valence electrons. The number of ether oxygens (including phenoxy) is 1. The zero-order valence-electron chi connectivity index (χ0n) is 11.9. The molecule has 0 aliphatic rings. The van der Waals surface area contributed by atoms with Crippen molar-refractivity contribution in [3.05, 3.63) is 46.2 Å². The van der Waals surface area contributed by atoms with Crippen LogP contribution in [0.15, 0.2) is 40.7 Å². The molecule has 1 aromatic heterocycles. The lowest BCUT2D eigenvalue weighted by atomic mass is 10.0. The third-order valence-corrected chi connectivity index (χ3v) is 4.03. The highest BCUT2D eigenvalue weighted by molar-refractivity contribution is 7.10. The summed E-state index contributed by atoms with van der Waals surface area (Å²) in [6.07, 6.45) is 1.72. The van der Waals surface area contributed by atoms with E-state index in [4.69, 9.17) is 4.74 Å². The Hall–Kier alpha value is -1.81. The molecular formula is C16H19NO2S. The number of benzene rings is 1. The van der Waals surface area contributed by atoms with Gasteiger partial charge < -0.3 is 9.84 Å². The van der Waals surface area contributed by atoms with Gasteiger partial charge in [0.1, 0.15) is 0 Å². The predicted octanol–water partition coefficient (Wildman–Crippen LogP) is 4.28. The Bertz CT molecular complexity index is 576. The lowest BCUT2D eigenvalue weighted by Gasteiger charge is -2.14. The van der Waals surface area contributed by atoms with Crippen molar-refractivity contribution in [2.45, 2.75) is 19.9 Å². The van der Waals surface area contributed by atoms with Crippen LogP contribution in [0.1, 0.15) is 30.3 Å². The molecule has 20 heavy (non-hydrogen) atoms. The second-order valence-corrected chi connectivity index (χ2v) is 5.86. The lowest BCUT2D eigenvalue weighted by molar-refractivity contribution is 0.373. The van der Waals surface area contributed by atoms with Gasteiger partial charge in [0.2, 0.25) is 0 Å². The highest BCUT2D eigenvalue weighted by atomic mass is 32.1. The fourth-order valence-corrected chi connectivity index (χ4v) is 2.95. The molecular weight excluding hydrogens is 270 g/mol. The minimum atomic E-state index is 0.112. The van der Waals surface area contributed by atoms with Crippen LogP contribution in [0.3, 0.4) is 0 Å². The summed E-state index contributed by atoms with van der Waals surface area (Å²) in [5.74, 6) is 0.997. The molecule has 0 radical (unpaired) electrons. The molecule has 3 nitrogen and oxygen atoms in total. The van der Waals surface area contributed by atoms with E-state index in [2.05, 4.69) is 30.3 Å². The fourth-order valence-electron chi connectivity index (χ4n) is 2.00. The molecule has 0 amide bonds. The quantitative estimate of drug-likeness (QED) is 0.835. The highest BCUT2D eigenvalue weighted by Crippen LogP contribution is 2.31. The van der Waals surface area contributed by atoms with E-state index < -0.39 is 0 Å². The number of phenolic OH excluding ortho intramolecular Hbond substituents is 1. The van der Waals surface area contributed by atoms with Crippen molar-refractivity contribution in [2.75, 3.05) is 7.11 Å². The van der Waals surface area contributed by atoms with Crippen LogP contribution in [0.25, 0.3) is 0 Å². The molecule has 2 aromatic rings. The summed E-state index contributed by atoms with van der Waals surface area (Å²) in [7, 11) is 1.54. The Labute approximate surface area is 123 Å². The van der Waals surface area contributed by atoms with Crippen molar-refractivity contribution in [1.82, 2.24) is 0 Å². The van der Waals surface area contributed by atoms with Gasteiger partial charge in [-0.05, 0) is 29.5 Å². The number of aliphatic imine (C=N–C) groups is 1. The number of hydrogen-bond donors (Lipinski definition) is 1. The average molecular weight is 289 g/mol. The molecule has 2 rings (SSSR count). The van der Waals surface area contributed by atoms with E-state index in [-0.39, 0.29) is 11.8 Å². The topological polar surface area (TPSA) is 41.8 Å². The van der Waals surface area contributed by atoms with Crippen molar-refractivity contribution < 1.29 is 9.84 Å². The Morgan fingerprint density at radius 2 is 2.05 bits per heavy atom. The first kappa shape index (κ1) is 14.6. The summed E-state index contributed by atoms with van der Waals surface area (Å²) < 4.78 is 5.10. The van der Waals surface area contributed by atoms with Crippen LogP contribution in [0.5, 0.6) is 11.5 Å². The molecule has 4 heteroatoms. The van der Waals surface area contributed by atoms with Gasteiger partial charge in [-0.3, -0.25) is 4.99 Å². The van der Waals surface area contributed by atoms with Gasteiger partial charge in [-0.1, -0.05) is 26.0 Å². The van der Waals surface area contributed by atoms with Crippen molar-refractivity contribution in [2.24, 2.45) is 10.9 Å². The first-order valence-corrected chi connectivity index (χ1v) is 7.44. The Morgan fingerprint density at radius 1 is 1.25 bits per heavy atom. The van der Waals surface area contributed by atoms with Gasteiger partial charge in [-0.2, -0.15) is 0 Å². The molecule has 0 unspecified atom stereocenters. The van der Waals surface area contributed by atoms with Crippen molar-refractivity contribution in [1.29, 1.82) is 0 Å². The fraction of sp³-hybridized carbons (Fsp3) is 0.312. The summed E-state index contributed by atoms with van der Waals surface area (Å²) in [5, 5.41) is 12.1. The van der Waals surface area contributed by atoms with Crippen LogP contribution in [-0.4, -0.2) is 18.4 Å². The third-order valence-electron chi connectivity index (χ3n) is 3.09. The second-order valence-electron chi connectivity index (χ2n) is 4.88. The minimum absolute atomic E-state index is 0.112. The number of nitrogens with zero attached hydrogens (tertiary/aromatic N) is 1. The van der Waals surface area contributed by atoms with Gasteiger partial charge in [0.15, 0.2) is 11.5 Å². The molecule has 1 heterocycles. The van der Waals surface area contributed by atoms with Gasteiger partial charge in [0.25, 0.3) is 0 Å². The van der Waals surface area contributed by atoms with Gasteiger partial charge in [0.05, 0.1) is 13.2 Å². The summed E-state index contributed by atoms with van der Waals surface area (Å²) in [6.45, 7) is 4.29. The van der Waals surface area contributed by atoms with Crippen LogP contribution in [0.2, 0.25) is 0 Å². The van der Waals surface area contributed by atoms with E-state index in [1.807, 2.05) is 18.2 Å². The lowest BCUT2D eigenvalue weighted by Crippen LogP contribution is -2.02. The molecule has 0 aliphatic heterocycles. The predicted molar refractivity (Wildman–Crippen MR) is 84.2 cm³/mol. The molecule has 1 atom stereocenters. The summed E-state index contributed by atoms with van der Waals surface area (Å²) in [6, 6.07) is 9.64. The molecule has 0 saturated carbocycles. The Kier molecular flexibility index (Phi) is 4.79. The molecule has 0 aliphatic carbocycles. The van der Waals surface area contributed by atoms with E-state index in [1.165, 1.54) is 4.88 Å². The average Bonchev–Trinajstić information content (AvgIpc) is 2.94. The van der Waals surface area contributed by atoms with E-state index in [1.54, 1.807) is 30.7 Å². The molecule has 1 N–H and O–H groups in total. The zero-order chi connectivity index (χ0) is 14.5. The maximum Gasteiger partial charge on any atom is 0.166 e. The highest BCUT2D eigenvalue weighted by Gasteiger charge is 2.15. The number of phenols is 1. The van der Waals surface area contributed by atoms with Crippen LogP contribution >= 0.6 is 11.3 Å². The molecule has 0 fully saturated rings. The van der Waals surface area contributed by atoms with E-state index in [9.17, 15) is 5.11 Å². The molecule has 0 bridgehead atoms. The number of thiophene rings is 1. The number of aromatic hydroxyl groups is 1. The van der Waals surface area contributed by atoms with Crippen LogP contribution in [0, 0.1) is 5.92 Å². The van der Waals surface area contributed by atoms with Gasteiger partial charge in [-0.25, -0.2) is 0 Å². The van der Waals surface area contributed by atoms with Crippen molar-refractivity contribution in [3.63, 3.8) is 0 Å². The van der Waals surface area contributed by atoms with Gasteiger partial charge in [0, 0.05) is 16.7 Å². The first-order valence-electron chi connectivity index (χ1n) is 6.56. The number of hydrogen-bond acceptors (Lipinski definition) is 4. The number of para-hydroxylation sites is 1. The summed E-state index contributed by atoms with van der Waals surface area (Å²) >= 11 is 1.71. The standard InChI is InChI=1S/C16H19NO2S/c1-11(2)15(14-8-5-9-20-14)17-10-12-6-4-7-13(19-3)16(12)18/h4-11,15,18H,1-3H3/t15-/m0/s1. The normalized spacial score (nSPS) is 13.0. The van der Waals surface area contributed by atoms with Crippen LogP contribution in [0.4, 0.5) is 0 Å². The Morgan fingerprint density at radius 3 is 2.65 bits per heavy atom. The van der Waals surface area contributed by atoms with Crippen LogP contribution < -0.4 is 4.74 Å². The molecule has 1 aromatic carbocycles. The van der Waals surface area contributed by atoms with E-state index in [0.29, 0.717) is 17.2 Å². The maximum absolute atomic E-state index is 10.1. The summed E-state index contributed by atoms with van der Waals surface area (Å²) in [5.41, 5.74) is 0.673.